The number of nitrogens with zero attached hydrogens (tertiary/aromatic N) is 4. The van der Waals surface area contributed by atoms with Crippen molar-refractivity contribution >= 4 is 12.2 Å². The molecule has 2 aromatic rings. The molecule has 2 aliphatic rings. The average Bonchev–Trinajstić information content (AvgIpc) is 3.11. The molecule has 0 radical (unpaired) electrons. The van der Waals surface area contributed by atoms with Crippen molar-refractivity contribution < 1.29 is 14.3 Å². The van der Waals surface area contributed by atoms with Crippen LogP contribution in [0.4, 0.5) is 0 Å². The zero-order valence-corrected chi connectivity index (χ0v) is 17.0. The van der Waals surface area contributed by atoms with Gasteiger partial charge in [0.1, 0.15) is 5.75 Å². The van der Waals surface area contributed by atoms with Crippen molar-refractivity contribution in [2.45, 2.75) is 32.3 Å². The molecule has 0 spiro atoms. The van der Waals surface area contributed by atoms with Crippen LogP contribution >= 0.6 is 0 Å². The third kappa shape index (κ3) is 4.11. The maximum absolute atomic E-state index is 11.6. The molecule has 7 nitrogen and oxygen atoms in total. The van der Waals surface area contributed by atoms with E-state index in [-0.39, 0.29) is 6.23 Å². The van der Waals surface area contributed by atoms with E-state index in [1.165, 1.54) is 11.1 Å². The van der Waals surface area contributed by atoms with E-state index >= 15 is 0 Å². The molecule has 152 valence electrons. The Bertz CT molecular complexity index is 900. The normalized spacial score (nSPS) is 21.5. The van der Waals surface area contributed by atoms with Gasteiger partial charge in [-0.05, 0) is 56.4 Å². The molecule has 0 aromatic heterocycles. The van der Waals surface area contributed by atoms with Gasteiger partial charge in [0.05, 0.1) is 0 Å². The molecule has 2 aliphatic heterocycles. The van der Waals surface area contributed by atoms with E-state index in [1.54, 1.807) is 5.12 Å². The second-order valence-electron chi connectivity index (χ2n) is 7.59. The third-order valence-electron chi connectivity index (χ3n) is 5.06. The van der Waals surface area contributed by atoms with Crippen LogP contribution in [-0.2, 0) is 16.1 Å². The maximum atomic E-state index is 11.6. The molecule has 2 heterocycles. The van der Waals surface area contributed by atoms with Crippen molar-refractivity contribution in [1.29, 1.82) is 0 Å². The molecule has 0 bridgehead atoms. The highest BCUT2D eigenvalue weighted by Gasteiger charge is 2.42. The van der Waals surface area contributed by atoms with Crippen molar-refractivity contribution in [2.24, 2.45) is 5.10 Å². The second-order valence-corrected chi connectivity index (χ2v) is 7.59. The number of hydrazone groups is 1. The number of hydrogen-bond donors (Lipinski definition) is 0. The Labute approximate surface area is 171 Å². The quantitative estimate of drug-likeness (QED) is 0.673. The summed E-state index contributed by atoms with van der Waals surface area (Å²) < 4.78 is 11.9. The van der Waals surface area contributed by atoms with Gasteiger partial charge in [-0.3, -0.25) is 4.79 Å². The number of ether oxygens (including phenoxy) is 2. The first-order valence-corrected chi connectivity index (χ1v) is 9.78. The number of hydrogen-bond acceptors (Lipinski definition) is 7. The van der Waals surface area contributed by atoms with Crippen LogP contribution in [0.3, 0.4) is 0 Å². The first-order valence-electron chi connectivity index (χ1n) is 9.78. The fourth-order valence-corrected chi connectivity index (χ4v) is 3.45. The molecule has 2 atom stereocenters. The van der Waals surface area contributed by atoms with Gasteiger partial charge in [-0.1, -0.05) is 24.3 Å². The van der Waals surface area contributed by atoms with Gasteiger partial charge in [-0.15, -0.1) is 5.10 Å². The number of hydrazine groups is 1. The van der Waals surface area contributed by atoms with E-state index in [0.717, 1.165) is 37.1 Å². The second kappa shape index (κ2) is 8.23. The van der Waals surface area contributed by atoms with E-state index < -0.39 is 6.23 Å². The van der Waals surface area contributed by atoms with Crippen LogP contribution in [0.1, 0.15) is 23.1 Å². The minimum Gasteiger partial charge on any atom is -0.473 e. The van der Waals surface area contributed by atoms with E-state index in [9.17, 15) is 4.79 Å². The third-order valence-corrected chi connectivity index (χ3v) is 5.06. The van der Waals surface area contributed by atoms with Gasteiger partial charge in [0.2, 0.25) is 5.90 Å². The van der Waals surface area contributed by atoms with Crippen molar-refractivity contribution in [2.75, 3.05) is 20.6 Å². The van der Waals surface area contributed by atoms with Gasteiger partial charge in [0.25, 0.3) is 6.23 Å². The minimum absolute atomic E-state index is 0.181. The minimum atomic E-state index is -0.777. The molecule has 0 amide bonds. The Kier molecular flexibility index (Phi) is 5.51. The van der Waals surface area contributed by atoms with Gasteiger partial charge >= 0.3 is 0 Å². The summed E-state index contributed by atoms with van der Waals surface area (Å²) in [7, 11) is 4.11. The van der Waals surface area contributed by atoms with E-state index in [2.05, 4.69) is 43.2 Å². The molecule has 7 heteroatoms. The number of carbonyl (C=O) groups is 1. The lowest BCUT2D eigenvalue weighted by atomic mass is 10.1. The average molecular weight is 394 g/mol. The highest BCUT2D eigenvalue weighted by Crippen LogP contribution is 2.29. The van der Waals surface area contributed by atoms with Crippen molar-refractivity contribution in [3.63, 3.8) is 0 Å². The Morgan fingerprint density at radius 3 is 2.66 bits per heavy atom. The Hall–Kier alpha value is -2.90. The molecular weight excluding hydrogens is 368 g/mol. The maximum Gasteiger partial charge on any atom is 0.260 e. The van der Waals surface area contributed by atoms with Gasteiger partial charge in [-0.25, -0.2) is 0 Å². The van der Waals surface area contributed by atoms with Gasteiger partial charge in [-0.2, -0.15) is 10.1 Å². The summed E-state index contributed by atoms with van der Waals surface area (Å²) in [5, 5.41) is 8.05. The number of rotatable bonds is 7. The number of aryl methyl sites for hydroxylation is 1. The smallest absolute Gasteiger partial charge is 0.260 e. The summed E-state index contributed by atoms with van der Waals surface area (Å²) in [5.41, 5.74) is 3.31. The standard InChI is InChI=1S/C22H26N4O3/c1-16-13-19(10-9-18(16)14-24(2)3)28-20-11-12-25(20)26-21(15-27)29-22(23-26)17-7-5-4-6-8-17/h4-10,13,15,20-21H,11-12,14H2,1-3H3. The highest BCUT2D eigenvalue weighted by atomic mass is 16.6. The fraction of sp³-hybridized carbons (Fsp3) is 0.364. The summed E-state index contributed by atoms with van der Waals surface area (Å²) in [5.74, 6) is 1.26. The first kappa shape index (κ1) is 19.4. The molecule has 0 aliphatic carbocycles. The molecule has 1 fully saturated rings. The molecule has 4 rings (SSSR count). The summed E-state index contributed by atoms with van der Waals surface area (Å²) in [4.78, 5) is 13.7. The van der Waals surface area contributed by atoms with Gasteiger partial charge in [0, 0.05) is 25.1 Å². The number of benzene rings is 2. The van der Waals surface area contributed by atoms with Crippen molar-refractivity contribution in [3.05, 3.63) is 65.2 Å². The van der Waals surface area contributed by atoms with Crippen LogP contribution in [0, 0.1) is 6.92 Å². The van der Waals surface area contributed by atoms with E-state index in [1.807, 2.05) is 41.4 Å². The topological polar surface area (TPSA) is 57.6 Å². The van der Waals surface area contributed by atoms with Crippen LogP contribution in [-0.4, -0.2) is 60.3 Å². The Morgan fingerprint density at radius 2 is 2.03 bits per heavy atom. The van der Waals surface area contributed by atoms with E-state index in [4.69, 9.17) is 9.47 Å². The highest BCUT2D eigenvalue weighted by molar-refractivity contribution is 5.95. The SMILES string of the molecule is Cc1cc(OC2CCN2N2N=C(c3ccccc3)OC2C=O)ccc1CN(C)C. The zero-order chi connectivity index (χ0) is 20.4. The molecule has 2 aromatic carbocycles. The van der Waals surface area contributed by atoms with Gasteiger partial charge < -0.3 is 14.4 Å². The van der Waals surface area contributed by atoms with Crippen LogP contribution in [0.25, 0.3) is 0 Å². The summed E-state index contributed by atoms with van der Waals surface area (Å²) in [6, 6.07) is 15.7. The van der Waals surface area contributed by atoms with Crippen LogP contribution in [0.15, 0.2) is 53.6 Å². The Balaban J connectivity index is 1.47. The van der Waals surface area contributed by atoms with E-state index in [0.29, 0.717) is 5.90 Å². The predicted molar refractivity (Wildman–Crippen MR) is 110 cm³/mol. The van der Waals surface area contributed by atoms with Crippen molar-refractivity contribution in [1.82, 2.24) is 15.0 Å². The fourth-order valence-electron chi connectivity index (χ4n) is 3.45. The number of aldehydes is 1. The molecule has 0 N–H and O–H groups in total. The molecule has 0 saturated carbocycles. The zero-order valence-electron chi connectivity index (χ0n) is 17.0. The molecule has 1 saturated heterocycles. The van der Waals surface area contributed by atoms with Crippen LogP contribution in [0.2, 0.25) is 0 Å². The lowest BCUT2D eigenvalue weighted by Crippen LogP contribution is -2.60. The van der Waals surface area contributed by atoms with Crippen molar-refractivity contribution in [3.8, 4) is 5.75 Å². The molecular formula is C22H26N4O3. The van der Waals surface area contributed by atoms with Crippen LogP contribution < -0.4 is 4.74 Å². The lowest BCUT2D eigenvalue weighted by molar-refractivity contribution is -0.218. The largest absolute Gasteiger partial charge is 0.473 e. The summed E-state index contributed by atoms with van der Waals surface area (Å²) >= 11 is 0. The first-order chi connectivity index (χ1) is 14.0. The Morgan fingerprint density at radius 1 is 1.24 bits per heavy atom. The van der Waals surface area contributed by atoms with Gasteiger partial charge in [0.15, 0.2) is 12.5 Å². The van der Waals surface area contributed by atoms with Crippen LogP contribution in [0.5, 0.6) is 5.75 Å². The lowest BCUT2D eigenvalue weighted by Gasteiger charge is -2.44. The predicted octanol–water partition coefficient (Wildman–Crippen LogP) is 2.60. The summed E-state index contributed by atoms with van der Waals surface area (Å²) in [6.45, 7) is 3.74. The molecule has 2 unspecified atom stereocenters. The molecule has 29 heavy (non-hydrogen) atoms. The monoisotopic (exact) mass is 394 g/mol. The summed E-state index contributed by atoms with van der Waals surface area (Å²) in [6.07, 6.45) is 0.658. The number of carbonyl (C=O) groups excluding carboxylic acids is 1.